The Morgan fingerprint density at radius 3 is 2.57 bits per heavy atom. The second kappa shape index (κ2) is 6.06. The zero-order chi connectivity index (χ0) is 20.4. The number of rotatable bonds is 4. The zero-order valence-electron chi connectivity index (χ0n) is 14.4. The van der Waals surface area contributed by atoms with Crippen LogP contribution in [0.25, 0.3) is 11.2 Å². The van der Waals surface area contributed by atoms with E-state index in [-0.39, 0.29) is 36.4 Å². The number of aliphatic hydroxyl groups excluding tert-OH is 2. The number of nitrogens with two attached hydrogens (primary N) is 1. The van der Waals surface area contributed by atoms with Gasteiger partial charge in [-0.2, -0.15) is 18.2 Å². The Balaban J connectivity index is 1.91. The van der Waals surface area contributed by atoms with Gasteiger partial charge in [0.15, 0.2) is 17.4 Å². The Labute approximate surface area is 154 Å². The van der Waals surface area contributed by atoms with E-state index in [1.165, 1.54) is 0 Å². The number of nitrogen functional groups attached to an aromatic ring is 1. The Morgan fingerprint density at radius 1 is 1.36 bits per heavy atom. The fourth-order valence-electron chi connectivity index (χ4n) is 3.64. The molecule has 0 aromatic carbocycles. The molecular weight excluding hydrogens is 387 g/mol. The summed E-state index contributed by atoms with van der Waals surface area (Å²) in [5, 5.41) is 19.5. The monoisotopic (exact) mass is 405 g/mol. The van der Waals surface area contributed by atoms with Crippen LogP contribution in [0.3, 0.4) is 0 Å². The fourth-order valence-corrected chi connectivity index (χ4v) is 3.64. The molecular formula is C15H18F3N5O5. The van der Waals surface area contributed by atoms with E-state index >= 15 is 0 Å². The van der Waals surface area contributed by atoms with E-state index in [1.54, 1.807) is 0 Å². The number of ether oxygens (including phenoxy) is 1. The van der Waals surface area contributed by atoms with Crippen LogP contribution in [0.2, 0.25) is 0 Å². The highest BCUT2D eigenvalue weighted by atomic mass is 19.4. The van der Waals surface area contributed by atoms with Crippen LogP contribution in [0.4, 0.5) is 19.1 Å². The number of H-pyrrole nitrogens is 1. The molecule has 1 aliphatic carbocycles. The Hall–Kier alpha value is -2.38. The number of hydrogen-bond acceptors (Lipinski definition) is 7. The molecule has 4 rings (SSSR count). The molecule has 5 N–H and O–H groups in total. The number of aliphatic hydroxyl groups is 2. The number of fused-ring (bicyclic) bond motifs is 1. The van der Waals surface area contributed by atoms with E-state index in [0.717, 1.165) is 4.57 Å². The van der Waals surface area contributed by atoms with Crippen molar-refractivity contribution in [2.24, 2.45) is 5.41 Å². The molecule has 28 heavy (non-hydrogen) atoms. The highest BCUT2D eigenvalue weighted by molar-refractivity contribution is 5.71. The van der Waals surface area contributed by atoms with Gasteiger partial charge in [0.25, 0.3) is 5.56 Å². The number of aromatic amines is 1. The second-order valence-corrected chi connectivity index (χ2v) is 7.27. The van der Waals surface area contributed by atoms with Crippen molar-refractivity contribution < 1.29 is 28.1 Å². The molecule has 13 heteroatoms. The van der Waals surface area contributed by atoms with E-state index in [9.17, 15) is 33.0 Å². The molecule has 3 atom stereocenters. The molecule has 0 radical (unpaired) electrons. The molecule has 0 bridgehead atoms. The number of anilines is 1. The van der Waals surface area contributed by atoms with Gasteiger partial charge in [-0.1, -0.05) is 0 Å². The van der Waals surface area contributed by atoms with Crippen LogP contribution >= 0.6 is 0 Å². The van der Waals surface area contributed by atoms with Gasteiger partial charge in [-0.15, -0.1) is 0 Å². The second-order valence-electron chi connectivity index (χ2n) is 7.27. The maximum absolute atomic E-state index is 13.4. The topological polar surface area (TPSA) is 148 Å². The lowest BCUT2D eigenvalue weighted by molar-refractivity contribution is -0.190. The number of alkyl halides is 3. The lowest BCUT2D eigenvalue weighted by atomic mass is 10.1. The first-order valence-corrected chi connectivity index (χ1v) is 8.59. The highest BCUT2D eigenvalue weighted by Gasteiger charge is 2.63. The van der Waals surface area contributed by atoms with E-state index in [2.05, 4.69) is 9.97 Å². The number of halogens is 3. The van der Waals surface area contributed by atoms with Crippen LogP contribution in [-0.4, -0.2) is 54.3 Å². The molecule has 154 valence electrons. The number of nitrogens with zero attached hydrogens (tertiary/aromatic N) is 3. The average Bonchev–Trinajstić information content (AvgIpc) is 3.23. The maximum Gasteiger partial charge on any atom is 0.396 e. The SMILES string of the molecule is Nc1nc2c(c(=O)[nH]1)n(CC1(C(F)(F)F)CC1)c(=O)n2[C@@H]1O[C@H](CO)C[C@H]1O. The first-order valence-electron chi connectivity index (χ1n) is 8.59. The third kappa shape index (κ3) is 2.72. The fraction of sp³-hybridized carbons (Fsp3) is 0.667. The van der Waals surface area contributed by atoms with Gasteiger partial charge in [0, 0.05) is 13.0 Å². The average molecular weight is 405 g/mol. The van der Waals surface area contributed by atoms with Crippen molar-refractivity contribution in [3.05, 3.63) is 20.8 Å². The van der Waals surface area contributed by atoms with Gasteiger partial charge in [0.2, 0.25) is 5.95 Å². The van der Waals surface area contributed by atoms with Gasteiger partial charge in [0.1, 0.15) is 6.10 Å². The standard InChI is InChI=1S/C15H18F3N5O5/c16-15(17,18)14(1-2-14)5-22-8-9(20-12(19)21-10(8)26)23(13(22)27)11-7(25)3-6(4-24)28-11/h6-7,11,24-25H,1-5H2,(H3,19,20,21,26)/t6-,7+,11+/m0/s1. The van der Waals surface area contributed by atoms with Gasteiger partial charge >= 0.3 is 11.9 Å². The van der Waals surface area contributed by atoms with Crippen LogP contribution in [-0.2, 0) is 11.3 Å². The first-order chi connectivity index (χ1) is 13.1. The number of aromatic nitrogens is 4. The van der Waals surface area contributed by atoms with Crippen LogP contribution in [0.1, 0.15) is 25.5 Å². The lowest BCUT2D eigenvalue weighted by Crippen LogP contribution is -2.37. The molecule has 0 spiro atoms. The Bertz CT molecular complexity index is 1040. The van der Waals surface area contributed by atoms with Gasteiger partial charge in [-0.05, 0) is 12.8 Å². The molecule has 1 aliphatic heterocycles. The van der Waals surface area contributed by atoms with E-state index in [4.69, 9.17) is 10.5 Å². The Kier molecular flexibility index (Phi) is 4.10. The van der Waals surface area contributed by atoms with Gasteiger partial charge in [-0.25, -0.2) is 9.36 Å². The maximum atomic E-state index is 13.4. The third-order valence-electron chi connectivity index (χ3n) is 5.37. The quantitative estimate of drug-likeness (QED) is 0.533. The lowest BCUT2D eigenvalue weighted by Gasteiger charge is -2.19. The van der Waals surface area contributed by atoms with Crippen molar-refractivity contribution in [3.8, 4) is 0 Å². The normalized spacial score (nSPS) is 26.8. The minimum atomic E-state index is -4.54. The summed E-state index contributed by atoms with van der Waals surface area (Å²) < 4.78 is 47.2. The number of hydrogen-bond donors (Lipinski definition) is 4. The Morgan fingerprint density at radius 2 is 2.04 bits per heavy atom. The first kappa shape index (κ1) is 19.0. The summed E-state index contributed by atoms with van der Waals surface area (Å²) in [6.07, 6.45) is -8.17. The van der Waals surface area contributed by atoms with Crippen molar-refractivity contribution in [2.75, 3.05) is 12.3 Å². The van der Waals surface area contributed by atoms with Gasteiger partial charge in [-0.3, -0.25) is 14.3 Å². The van der Waals surface area contributed by atoms with E-state index in [1.807, 2.05) is 0 Å². The zero-order valence-corrected chi connectivity index (χ0v) is 14.4. The molecule has 2 aromatic heterocycles. The molecule has 1 saturated heterocycles. The molecule has 2 aromatic rings. The largest absolute Gasteiger partial charge is 0.396 e. The third-order valence-corrected chi connectivity index (χ3v) is 5.37. The molecule has 3 heterocycles. The summed E-state index contributed by atoms with van der Waals surface area (Å²) in [4.78, 5) is 31.4. The summed E-state index contributed by atoms with van der Waals surface area (Å²) in [6.45, 7) is -1.17. The summed E-state index contributed by atoms with van der Waals surface area (Å²) >= 11 is 0. The van der Waals surface area contributed by atoms with Crippen molar-refractivity contribution in [1.29, 1.82) is 0 Å². The van der Waals surface area contributed by atoms with Gasteiger partial charge < -0.3 is 20.7 Å². The predicted molar refractivity (Wildman–Crippen MR) is 88.4 cm³/mol. The molecule has 0 amide bonds. The summed E-state index contributed by atoms with van der Waals surface area (Å²) in [7, 11) is 0. The molecule has 1 saturated carbocycles. The number of nitrogens with one attached hydrogen (secondary N) is 1. The number of imidazole rings is 1. The van der Waals surface area contributed by atoms with Crippen molar-refractivity contribution >= 4 is 17.1 Å². The summed E-state index contributed by atoms with van der Waals surface area (Å²) in [5.41, 5.74) is 0.933. The minimum absolute atomic E-state index is 0.00540. The van der Waals surface area contributed by atoms with Crippen molar-refractivity contribution in [1.82, 2.24) is 19.1 Å². The van der Waals surface area contributed by atoms with Crippen LogP contribution in [0, 0.1) is 5.41 Å². The van der Waals surface area contributed by atoms with E-state index < -0.39 is 54.4 Å². The smallest absolute Gasteiger partial charge is 0.394 e. The molecule has 2 fully saturated rings. The van der Waals surface area contributed by atoms with Gasteiger partial charge in [0.05, 0.1) is 18.1 Å². The summed E-state index contributed by atoms with van der Waals surface area (Å²) in [6, 6.07) is 0. The van der Waals surface area contributed by atoms with E-state index in [0.29, 0.717) is 4.57 Å². The predicted octanol–water partition coefficient (Wildman–Crippen LogP) is -0.548. The van der Waals surface area contributed by atoms with Crippen molar-refractivity contribution in [3.63, 3.8) is 0 Å². The molecule has 2 aliphatic rings. The molecule has 0 unspecified atom stereocenters. The van der Waals surface area contributed by atoms with Crippen molar-refractivity contribution in [2.45, 2.75) is 50.4 Å². The minimum Gasteiger partial charge on any atom is -0.394 e. The van der Waals surface area contributed by atoms with Crippen LogP contribution in [0.15, 0.2) is 9.59 Å². The van der Waals surface area contributed by atoms with Crippen LogP contribution in [0.5, 0.6) is 0 Å². The summed E-state index contributed by atoms with van der Waals surface area (Å²) in [5.74, 6) is -0.341. The molecule has 10 nitrogen and oxygen atoms in total. The van der Waals surface area contributed by atoms with Crippen LogP contribution < -0.4 is 17.0 Å². The highest BCUT2D eigenvalue weighted by Crippen LogP contribution is 2.58.